The van der Waals surface area contributed by atoms with Crippen molar-refractivity contribution in [3.8, 4) is 11.5 Å². The zero-order valence-corrected chi connectivity index (χ0v) is 13.1. The van der Waals surface area contributed by atoms with E-state index in [0.29, 0.717) is 23.1 Å². The van der Waals surface area contributed by atoms with Crippen LogP contribution in [0.15, 0.2) is 36.5 Å². The number of nitrogens with zero attached hydrogens (tertiary/aromatic N) is 3. The van der Waals surface area contributed by atoms with E-state index in [0.717, 1.165) is 18.9 Å². The minimum Gasteiger partial charge on any atom is -0.457 e. The molecule has 0 bridgehead atoms. The highest BCUT2D eigenvalue weighted by molar-refractivity contribution is 5.47. The van der Waals surface area contributed by atoms with Crippen LogP contribution in [0.2, 0.25) is 0 Å². The monoisotopic (exact) mass is 301 g/mol. The van der Waals surface area contributed by atoms with Gasteiger partial charge in [-0.15, -0.1) is 0 Å². The van der Waals surface area contributed by atoms with Crippen molar-refractivity contribution in [1.29, 1.82) is 0 Å². The molecule has 0 saturated carbocycles. The molecule has 0 atom stereocenters. The Morgan fingerprint density at radius 3 is 2.59 bits per heavy atom. The van der Waals surface area contributed by atoms with Crippen LogP contribution in [0.3, 0.4) is 0 Å². The first kappa shape index (κ1) is 14.8. The highest BCUT2D eigenvalue weighted by Crippen LogP contribution is 2.28. The number of benzene rings is 1. The van der Waals surface area contributed by atoms with E-state index in [2.05, 4.69) is 28.9 Å². The van der Waals surface area contributed by atoms with E-state index in [1.54, 1.807) is 31.3 Å². The van der Waals surface area contributed by atoms with Gasteiger partial charge in [-0.3, -0.25) is 0 Å². The Balaban J connectivity index is 1.70. The Labute approximate surface area is 130 Å². The van der Waals surface area contributed by atoms with Crippen LogP contribution in [0.5, 0.6) is 11.5 Å². The zero-order valence-electron chi connectivity index (χ0n) is 13.1. The number of hydrogen-bond acceptors (Lipinski definition) is 4. The number of halogens is 1. The van der Waals surface area contributed by atoms with E-state index in [4.69, 9.17) is 4.74 Å². The van der Waals surface area contributed by atoms with Crippen LogP contribution in [-0.4, -0.2) is 43.1 Å². The summed E-state index contributed by atoms with van der Waals surface area (Å²) in [5.41, 5.74) is 0.609. The third kappa shape index (κ3) is 3.04. The second-order valence-corrected chi connectivity index (χ2v) is 5.89. The molecule has 5 heteroatoms. The molecule has 1 aliphatic rings. The first-order valence-corrected chi connectivity index (χ1v) is 7.34. The van der Waals surface area contributed by atoms with Crippen molar-refractivity contribution in [1.82, 2.24) is 9.88 Å². The van der Waals surface area contributed by atoms with E-state index in [9.17, 15) is 4.39 Å². The maximum Gasteiger partial charge on any atom is 0.132 e. The molecule has 0 radical (unpaired) electrons. The molecule has 116 valence electrons. The van der Waals surface area contributed by atoms with Gasteiger partial charge in [0.1, 0.15) is 23.1 Å². The van der Waals surface area contributed by atoms with Gasteiger partial charge in [0.15, 0.2) is 0 Å². The van der Waals surface area contributed by atoms with Crippen LogP contribution in [0.1, 0.15) is 5.56 Å². The first-order chi connectivity index (χ1) is 10.5. The summed E-state index contributed by atoms with van der Waals surface area (Å²) in [5, 5.41) is 0. The summed E-state index contributed by atoms with van der Waals surface area (Å²) in [4.78, 5) is 8.80. The fraction of sp³-hybridized carbons (Fsp3) is 0.353. The van der Waals surface area contributed by atoms with Crippen molar-refractivity contribution in [3.05, 3.63) is 47.9 Å². The summed E-state index contributed by atoms with van der Waals surface area (Å²) in [6.45, 7) is 3.65. The molecule has 1 aromatic carbocycles. The van der Waals surface area contributed by atoms with E-state index in [-0.39, 0.29) is 5.82 Å². The summed E-state index contributed by atoms with van der Waals surface area (Å²) in [5.74, 6) is 1.79. The molecule has 3 rings (SSSR count). The maximum atomic E-state index is 13.6. The lowest BCUT2D eigenvalue weighted by atomic mass is 10.1. The molecule has 1 fully saturated rings. The molecule has 1 aromatic heterocycles. The highest BCUT2D eigenvalue weighted by Gasteiger charge is 2.29. The van der Waals surface area contributed by atoms with Crippen molar-refractivity contribution in [3.63, 3.8) is 0 Å². The lowest BCUT2D eigenvalue weighted by Gasteiger charge is -2.43. The van der Waals surface area contributed by atoms with Crippen molar-refractivity contribution in [2.24, 2.45) is 0 Å². The van der Waals surface area contributed by atoms with Gasteiger partial charge in [0.25, 0.3) is 0 Å². The van der Waals surface area contributed by atoms with Gasteiger partial charge in [-0.2, -0.15) is 0 Å². The number of hydrogen-bond donors (Lipinski definition) is 0. The molecule has 1 saturated heterocycles. The smallest absolute Gasteiger partial charge is 0.132 e. The summed E-state index contributed by atoms with van der Waals surface area (Å²) >= 11 is 0. The normalized spacial score (nSPS) is 15.0. The molecular weight excluding hydrogens is 281 g/mol. The molecule has 2 heterocycles. The highest BCUT2D eigenvalue weighted by atomic mass is 19.1. The van der Waals surface area contributed by atoms with E-state index < -0.39 is 0 Å². The van der Waals surface area contributed by atoms with Crippen molar-refractivity contribution in [2.75, 3.05) is 32.1 Å². The quantitative estimate of drug-likeness (QED) is 0.868. The Kier molecular flexibility index (Phi) is 3.98. The summed E-state index contributed by atoms with van der Waals surface area (Å²) in [6, 6.07) is 9.13. The minimum absolute atomic E-state index is 0.261. The average molecular weight is 301 g/mol. The first-order valence-electron chi connectivity index (χ1n) is 7.34. The van der Waals surface area contributed by atoms with Crippen LogP contribution in [-0.2, 0) is 0 Å². The SMILES string of the molecule is Cc1ccc(Oc2ccnc(N3CC(N(C)C)C3)c2)cc1F. The van der Waals surface area contributed by atoms with Gasteiger partial charge >= 0.3 is 0 Å². The number of ether oxygens (including phenoxy) is 1. The van der Waals surface area contributed by atoms with Crippen LogP contribution < -0.4 is 9.64 Å². The molecular formula is C17H20FN3O. The number of rotatable bonds is 4. The van der Waals surface area contributed by atoms with Crippen LogP contribution in [0, 0.1) is 12.7 Å². The minimum atomic E-state index is -0.261. The van der Waals surface area contributed by atoms with Crippen molar-refractivity contribution < 1.29 is 9.13 Å². The molecule has 0 amide bonds. The summed E-state index contributed by atoms with van der Waals surface area (Å²) in [7, 11) is 4.17. The molecule has 0 aliphatic carbocycles. The van der Waals surface area contributed by atoms with Gasteiger partial charge in [-0.1, -0.05) is 6.07 Å². The third-order valence-electron chi connectivity index (χ3n) is 4.01. The van der Waals surface area contributed by atoms with Crippen LogP contribution in [0.25, 0.3) is 0 Å². The van der Waals surface area contributed by atoms with E-state index >= 15 is 0 Å². The van der Waals surface area contributed by atoms with Gasteiger partial charge in [-0.05, 0) is 38.7 Å². The van der Waals surface area contributed by atoms with Gasteiger partial charge in [-0.25, -0.2) is 9.37 Å². The van der Waals surface area contributed by atoms with Gasteiger partial charge in [0, 0.05) is 37.5 Å². The number of aryl methyl sites for hydroxylation is 1. The fourth-order valence-electron chi connectivity index (χ4n) is 2.38. The van der Waals surface area contributed by atoms with Gasteiger partial charge in [0.05, 0.1) is 0 Å². The van der Waals surface area contributed by atoms with Crippen molar-refractivity contribution >= 4 is 5.82 Å². The summed E-state index contributed by atoms with van der Waals surface area (Å²) < 4.78 is 19.3. The van der Waals surface area contributed by atoms with E-state index in [1.807, 2.05) is 6.07 Å². The predicted octanol–water partition coefficient (Wildman–Crippen LogP) is 3.07. The molecule has 0 spiro atoms. The van der Waals surface area contributed by atoms with Crippen molar-refractivity contribution in [2.45, 2.75) is 13.0 Å². The lowest BCUT2D eigenvalue weighted by molar-refractivity contribution is 0.246. The second kappa shape index (κ2) is 5.93. The number of aromatic nitrogens is 1. The largest absolute Gasteiger partial charge is 0.457 e. The topological polar surface area (TPSA) is 28.6 Å². The molecule has 22 heavy (non-hydrogen) atoms. The third-order valence-corrected chi connectivity index (χ3v) is 4.01. The molecule has 1 aliphatic heterocycles. The second-order valence-electron chi connectivity index (χ2n) is 5.89. The zero-order chi connectivity index (χ0) is 15.7. The number of likely N-dealkylation sites (N-methyl/N-ethyl adjacent to an activating group) is 1. The van der Waals surface area contributed by atoms with Gasteiger partial charge in [0.2, 0.25) is 0 Å². The Morgan fingerprint density at radius 2 is 1.91 bits per heavy atom. The number of anilines is 1. The number of pyridine rings is 1. The lowest BCUT2D eigenvalue weighted by Crippen LogP contribution is -2.57. The molecule has 0 unspecified atom stereocenters. The average Bonchev–Trinajstić information content (AvgIpc) is 2.41. The van der Waals surface area contributed by atoms with E-state index in [1.165, 1.54) is 6.07 Å². The summed E-state index contributed by atoms with van der Waals surface area (Å²) in [6.07, 6.45) is 1.72. The van der Waals surface area contributed by atoms with Crippen LogP contribution in [0.4, 0.5) is 10.2 Å². The molecule has 4 nitrogen and oxygen atoms in total. The maximum absolute atomic E-state index is 13.6. The molecule has 2 aromatic rings. The Hall–Kier alpha value is -2.14. The fourth-order valence-corrected chi connectivity index (χ4v) is 2.38. The van der Waals surface area contributed by atoms with Crippen LogP contribution >= 0.6 is 0 Å². The van der Waals surface area contributed by atoms with Gasteiger partial charge < -0.3 is 14.5 Å². The standard InChI is InChI=1S/C17H20FN3O/c1-12-4-5-14(8-16(12)18)22-15-6-7-19-17(9-15)21-10-13(11-21)20(2)3/h4-9,13H,10-11H2,1-3H3. The molecule has 0 N–H and O–H groups in total. The Morgan fingerprint density at radius 1 is 1.18 bits per heavy atom. The predicted molar refractivity (Wildman–Crippen MR) is 85.1 cm³/mol. The Bertz CT molecular complexity index is 669.